The molecule has 2 amide bonds. The number of anilines is 2. The van der Waals surface area contributed by atoms with Gasteiger partial charge in [0.05, 0.1) is 29.2 Å². The Kier molecular flexibility index (Phi) is 9.92. The van der Waals surface area contributed by atoms with Gasteiger partial charge in [0.2, 0.25) is 5.91 Å². The molecule has 10 heteroatoms. The maximum Gasteiger partial charge on any atom is 0.311 e. The van der Waals surface area contributed by atoms with Crippen molar-refractivity contribution >= 4 is 56.9 Å². The molecular weight excluding hydrogens is 642 g/mol. The highest BCUT2D eigenvalue weighted by atomic mass is 79.9. The van der Waals surface area contributed by atoms with Gasteiger partial charge in [0, 0.05) is 41.1 Å². The van der Waals surface area contributed by atoms with E-state index in [4.69, 9.17) is 4.74 Å². The van der Waals surface area contributed by atoms with Crippen molar-refractivity contribution in [1.82, 2.24) is 4.90 Å². The fraction of sp³-hybridized carbons (Fsp3) is 0.441. The highest BCUT2D eigenvalue weighted by Crippen LogP contribution is 2.68. The molecule has 3 fully saturated rings. The summed E-state index contributed by atoms with van der Waals surface area (Å²) in [7, 11) is 0. The first-order valence-corrected chi connectivity index (χ1v) is 16.9. The maximum atomic E-state index is 15.0. The number of fused-ring (bicyclic) bond motifs is 1. The highest BCUT2D eigenvalue weighted by Gasteiger charge is 2.76. The average Bonchev–Trinajstić information content (AvgIpc) is 3.64. The van der Waals surface area contributed by atoms with Gasteiger partial charge in [-0.2, -0.15) is 0 Å². The quantitative estimate of drug-likeness (QED) is 0.181. The van der Waals surface area contributed by atoms with E-state index in [-0.39, 0.29) is 41.6 Å². The third-order valence-electron chi connectivity index (χ3n) is 9.14. The van der Waals surface area contributed by atoms with Crippen molar-refractivity contribution in [3.63, 3.8) is 0 Å². The number of aliphatic hydroxyl groups is 1. The lowest BCUT2D eigenvalue weighted by atomic mass is 9.71. The van der Waals surface area contributed by atoms with Gasteiger partial charge < -0.3 is 24.5 Å². The fourth-order valence-corrected chi connectivity index (χ4v) is 10.8. The molecule has 0 saturated carbocycles. The van der Waals surface area contributed by atoms with E-state index in [1.54, 1.807) is 15.9 Å². The molecule has 0 aromatic heterocycles. The molecule has 0 aliphatic carbocycles. The standard InChI is InChI=1S/C34H40BrN3O5S/c1-5-18-37(24-16-14-23(15-17-24)36(7-3)8-4)32(41)30-34-20-25(35)29(44-34)27(33(42)43-19-6-2)28(34)31(40)38(30)26(21-39)22-12-10-9-11-13-22/h5-6,9-17,25-30,39H,1-2,7-8,18-21H2,3-4H3/t25?,26-,27-,28+,29-,30?,34?/m1/s1. The van der Waals surface area contributed by atoms with Gasteiger partial charge in [-0.1, -0.05) is 65.0 Å². The molecule has 8 nitrogen and oxygen atoms in total. The minimum absolute atomic E-state index is 0.0412. The average molecular weight is 683 g/mol. The van der Waals surface area contributed by atoms with E-state index in [1.807, 2.05) is 54.6 Å². The predicted molar refractivity (Wildman–Crippen MR) is 179 cm³/mol. The molecule has 1 N–H and O–H groups in total. The van der Waals surface area contributed by atoms with Crippen LogP contribution in [0.4, 0.5) is 11.4 Å². The molecule has 1 spiro atoms. The molecule has 2 aromatic carbocycles. The Balaban J connectivity index is 1.62. The SMILES string of the molecule is C=CCOC(=O)[C@H]1[C@@H]2SC3(CC2Br)C(C(=O)N(CC=C)c2ccc(N(CC)CC)cc2)N([C@H](CO)c2ccccc2)C(=O)[C@H]13. The van der Waals surface area contributed by atoms with Crippen molar-refractivity contribution in [2.24, 2.45) is 11.8 Å². The van der Waals surface area contributed by atoms with Crippen LogP contribution in [-0.4, -0.2) is 81.5 Å². The molecule has 3 saturated heterocycles. The number of hydrogen-bond donors (Lipinski definition) is 1. The number of nitrogens with zero attached hydrogens (tertiary/aromatic N) is 3. The number of carbonyl (C=O) groups is 3. The Bertz CT molecular complexity index is 1390. The first kappa shape index (κ1) is 32.3. The van der Waals surface area contributed by atoms with E-state index >= 15 is 0 Å². The molecule has 44 heavy (non-hydrogen) atoms. The fourth-order valence-electron chi connectivity index (χ4n) is 7.25. The van der Waals surface area contributed by atoms with Crippen LogP contribution in [0.15, 0.2) is 79.9 Å². The summed E-state index contributed by atoms with van der Waals surface area (Å²) < 4.78 is 4.62. The lowest BCUT2D eigenvalue weighted by molar-refractivity contribution is -0.153. The second kappa shape index (κ2) is 13.5. The summed E-state index contributed by atoms with van der Waals surface area (Å²) in [5, 5.41) is 10.5. The third-order valence-corrected chi connectivity index (χ3v) is 12.4. The lowest BCUT2D eigenvalue weighted by Gasteiger charge is -2.40. The molecule has 2 aromatic rings. The zero-order valence-electron chi connectivity index (χ0n) is 25.2. The molecule has 2 bridgehead atoms. The number of carbonyl (C=O) groups excluding carboxylic acids is 3. The number of alkyl halides is 1. The molecular formula is C34H40BrN3O5S. The van der Waals surface area contributed by atoms with E-state index in [2.05, 4.69) is 47.8 Å². The summed E-state index contributed by atoms with van der Waals surface area (Å²) in [6, 6.07) is 15.4. The lowest BCUT2D eigenvalue weighted by Crippen LogP contribution is -2.56. The van der Waals surface area contributed by atoms with Crippen molar-refractivity contribution < 1.29 is 24.2 Å². The van der Waals surface area contributed by atoms with Crippen LogP contribution in [0.5, 0.6) is 0 Å². The van der Waals surface area contributed by atoms with Crippen molar-refractivity contribution in [3.05, 3.63) is 85.5 Å². The van der Waals surface area contributed by atoms with Crippen LogP contribution in [-0.2, 0) is 19.1 Å². The van der Waals surface area contributed by atoms with Crippen LogP contribution < -0.4 is 9.80 Å². The van der Waals surface area contributed by atoms with Gasteiger partial charge in [-0.15, -0.1) is 18.3 Å². The predicted octanol–water partition coefficient (Wildman–Crippen LogP) is 4.98. The van der Waals surface area contributed by atoms with Crippen LogP contribution in [0.3, 0.4) is 0 Å². The molecule has 3 unspecified atom stereocenters. The Labute approximate surface area is 272 Å². The zero-order chi connectivity index (χ0) is 31.6. The number of thioether (sulfide) groups is 1. The Morgan fingerprint density at radius 3 is 2.36 bits per heavy atom. The smallest absolute Gasteiger partial charge is 0.311 e. The highest BCUT2D eigenvalue weighted by molar-refractivity contribution is 9.09. The molecule has 234 valence electrons. The number of likely N-dealkylation sites (tertiary alicyclic amines) is 1. The molecule has 3 heterocycles. The van der Waals surface area contributed by atoms with Gasteiger partial charge in [-0.05, 0) is 50.1 Å². The second-order valence-electron chi connectivity index (χ2n) is 11.4. The molecule has 3 aliphatic heterocycles. The van der Waals surface area contributed by atoms with Crippen molar-refractivity contribution in [1.29, 1.82) is 0 Å². The first-order valence-electron chi connectivity index (χ1n) is 15.1. The number of amides is 2. The number of ether oxygens (including phenoxy) is 1. The summed E-state index contributed by atoms with van der Waals surface area (Å²) in [6.45, 7) is 13.4. The summed E-state index contributed by atoms with van der Waals surface area (Å²) >= 11 is 5.33. The Morgan fingerprint density at radius 1 is 1.11 bits per heavy atom. The minimum atomic E-state index is -0.938. The van der Waals surface area contributed by atoms with Crippen LogP contribution in [0.25, 0.3) is 0 Å². The maximum absolute atomic E-state index is 15.0. The van der Waals surface area contributed by atoms with Gasteiger partial charge in [0.1, 0.15) is 12.6 Å². The van der Waals surface area contributed by atoms with Crippen molar-refractivity contribution in [2.45, 2.75) is 47.2 Å². The third kappa shape index (κ3) is 5.39. The summed E-state index contributed by atoms with van der Waals surface area (Å²) in [5.74, 6) is -2.54. The number of benzene rings is 2. The van der Waals surface area contributed by atoms with Gasteiger partial charge in [0.15, 0.2) is 0 Å². The molecule has 0 radical (unpaired) electrons. The summed E-state index contributed by atoms with van der Waals surface area (Å²) in [5.41, 5.74) is 2.46. The number of esters is 1. The van der Waals surface area contributed by atoms with E-state index in [0.29, 0.717) is 12.1 Å². The normalized spacial score (nSPS) is 27.5. The largest absolute Gasteiger partial charge is 0.461 e. The van der Waals surface area contributed by atoms with Gasteiger partial charge >= 0.3 is 5.97 Å². The van der Waals surface area contributed by atoms with E-state index in [0.717, 1.165) is 24.3 Å². The number of halogens is 1. The van der Waals surface area contributed by atoms with E-state index < -0.39 is 34.6 Å². The second-order valence-corrected chi connectivity index (χ2v) is 14.1. The van der Waals surface area contributed by atoms with Gasteiger partial charge in [-0.3, -0.25) is 14.4 Å². The topological polar surface area (TPSA) is 90.4 Å². The summed E-state index contributed by atoms with van der Waals surface area (Å²) in [4.78, 5) is 48.4. The number of aliphatic hydroxyl groups excluding tert-OH is 1. The Morgan fingerprint density at radius 2 is 1.77 bits per heavy atom. The summed E-state index contributed by atoms with van der Waals surface area (Å²) in [6.07, 6.45) is 3.70. The molecule has 5 rings (SSSR count). The van der Waals surface area contributed by atoms with Crippen molar-refractivity contribution in [3.8, 4) is 0 Å². The first-order chi connectivity index (χ1) is 21.3. The van der Waals surface area contributed by atoms with Crippen molar-refractivity contribution in [2.75, 3.05) is 42.6 Å². The number of hydrogen-bond acceptors (Lipinski definition) is 7. The number of rotatable bonds is 13. The van der Waals surface area contributed by atoms with Crippen LogP contribution >= 0.6 is 27.7 Å². The van der Waals surface area contributed by atoms with Gasteiger partial charge in [0.25, 0.3) is 5.91 Å². The monoisotopic (exact) mass is 681 g/mol. The van der Waals surface area contributed by atoms with Crippen LogP contribution in [0.1, 0.15) is 31.9 Å². The molecule has 7 atom stereocenters. The van der Waals surface area contributed by atoms with E-state index in [1.165, 1.54) is 17.8 Å². The minimum Gasteiger partial charge on any atom is -0.461 e. The van der Waals surface area contributed by atoms with E-state index in [9.17, 15) is 19.5 Å². The van der Waals surface area contributed by atoms with Gasteiger partial charge in [-0.25, -0.2) is 0 Å². The van der Waals surface area contributed by atoms with Crippen LogP contribution in [0.2, 0.25) is 0 Å². The molecule has 3 aliphatic rings. The Hall–Kier alpha value is -3.08. The van der Waals surface area contributed by atoms with Crippen LogP contribution in [0, 0.1) is 11.8 Å². The zero-order valence-corrected chi connectivity index (χ0v) is 27.6.